The zero-order valence-corrected chi connectivity index (χ0v) is 11.1. The number of thiophene rings is 1. The Kier molecular flexibility index (Phi) is 2.96. The fraction of sp³-hybridized carbons (Fsp3) is 0.0833. The zero-order chi connectivity index (χ0) is 13.4. The third kappa shape index (κ3) is 1.98. The van der Waals surface area contributed by atoms with Crippen LogP contribution in [0.2, 0.25) is 0 Å². The highest BCUT2D eigenvalue weighted by Gasteiger charge is 2.16. The van der Waals surface area contributed by atoms with Crippen LogP contribution in [0.25, 0.3) is 16.2 Å². The molecule has 0 aliphatic heterocycles. The van der Waals surface area contributed by atoms with Crippen molar-refractivity contribution in [2.45, 2.75) is 5.88 Å². The van der Waals surface area contributed by atoms with E-state index in [2.05, 4.69) is 10.1 Å². The fourth-order valence-electron chi connectivity index (χ4n) is 1.84. The van der Waals surface area contributed by atoms with E-state index in [1.807, 2.05) is 17.5 Å². The van der Waals surface area contributed by atoms with Gasteiger partial charge in [-0.1, -0.05) is 6.07 Å². The number of aromatic carboxylic acids is 1. The van der Waals surface area contributed by atoms with Crippen molar-refractivity contribution in [2.75, 3.05) is 0 Å². The van der Waals surface area contributed by atoms with E-state index in [-0.39, 0.29) is 11.4 Å². The monoisotopic (exact) mass is 293 g/mol. The van der Waals surface area contributed by atoms with Crippen LogP contribution in [0.3, 0.4) is 0 Å². The third-order valence-electron chi connectivity index (χ3n) is 2.65. The van der Waals surface area contributed by atoms with Gasteiger partial charge in [0.15, 0.2) is 11.5 Å². The molecule has 19 heavy (non-hydrogen) atoms. The molecule has 0 fully saturated rings. The maximum absolute atomic E-state index is 11.2. The number of fused-ring (bicyclic) bond motifs is 1. The SMILES string of the molecule is O=C(O)c1ccc(-c2cccs2)n2nc(CCl)nc12. The van der Waals surface area contributed by atoms with Gasteiger partial charge >= 0.3 is 5.97 Å². The number of hydrogen-bond donors (Lipinski definition) is 1. The van der Waals surface area contributed by atoms with Crippen LogP contribution < -0.4 is 0 Å². The van der Waals surface area contributed by atoms with Crippen molar-refractivity contribution in [2.24, 2.45) is 0 Å². The highest BCUT2D eigenvalue weighted by atomic mass is 35.5. The molecule has 0 spiro atoms. The summed E-state index contributed by atoms with van der Waals surface area (Å²) in [7, 11) is 0. The Morgan fingerprint density at radius 1 is 1.42 bits per heavy atom. The second-order valence-electron chi connectivity index (χ2n) is 3.81. The molecule has 0 aliphatic rings. The summed E-state index contributed by atoms with van der Waals surface area (Å²) >= 11 is 7.28. The summed E-state index contributed by atoms with van der Waals surface area (Å²) in [6, 6.07) is 7.15. The number of carboxylic acids is 1. The molecule has 0 unspecified atom stereocenters. The molecule has 96 valence electrons. The predicted molar refractivity (Wildman–Crippen MR) is 72.8 cm³/mol. The Balaban J connectivity index is 2.34. The first kappa shape index (κ1) is 12.1. The molecule has 0 radical (unpaired) electrons. The summed E-state index contributed by atoms with van der Waals surface area (Å²) in [6.45, 7) is 0. The largest absolute Gasteiger partial charge is 0.478 e. The second kappa shape index (κ2) is 4.64. The van der Waals surface area contributed by atoms with Crippen molar-refractivity contribution in [3.8, 4) is 10.6 Å². The lowest BCUT2D eigenvalue weighted by Crippen LogP contribution is -2.03. The average molecular weight is 294 g/mol. The van der Waals surface area contributed by atoms with E-state index in [1.54, 1.807) is 23.5 Å². The summed E-state index contributed by atoms with van der Waals surface area (Å²) in [5.41, 5.74) is 1.23. The van der Waals surface area contributed by atoms with Crippen LogP contribution in [-0.2, 0) is 5.88 Å². The molecule has 0 aliphatic carbocycles. The van der Waals surface area contributed by atoms with Gasteiger partial charge in [0.1, 0.15) is 5.56 Å². The Bertz CT molecular complexity index is 752. The average Bonchev–Trinajstić information content (AvgIpc) is 3.06. The number of rotatable bonds is 3. The molecule has 0 aromatic carbocycles. The maximum atomic E-state index is 11.2. The lowest BCUT2D eigenvalue weighted by atomic mass is 10.2. The van der Waals surface area contributed by atoms with E-state index >= 15 is 0 Å². The Morgan fingerprint density at radius 2 is 2.26 bits per heavy atom. The van der Waals surface area contributed by atoms with Crippen molar-refractivity contribution < 1.29 is 9.90 Å². The lowest BCUT2D eigenvalue weighted by molar-refractivity contribution is 0.0698. The molecule has 5 nitrogen and oxygen atoms in total. The molecule has 0 saturated heterocycles. The molecule has 3 aromatic rings. The molecule has 7 heteroatoms. The van der Waals surface area contributed by atoms with E-state index in [0.29, 0.717) is 11.5 Å². The van der Waals surface area contributed by atoms with Gasteiger partial charge in [-0.2, -0.15) is 0 Å². The Morgan fingerprint density at radius 3 is 2.89 bits per heavy atom. The molecule has 3 heterocycles. The summed E-state index contributed by atoms with van der Waals surface area (Å²) in [5.74, 6) is -0.477. The van der Waals surface area contributed by atoms with Gasteiger partial charge in [-0.25, -0.2) is 14.3 Å². The number of alkyl halides is 1. The van der Waals surface area contributed by atoms with Crippen LogP contribution in [0.1, 0.15) is 16.2 Å². The van der Waals surface area contributed by atoms with E-state index in [0.717, 1.165) is 10.6 Å². The molecular weight excluding hydrogens is 286 g/mol. The lowest BCUT2D eigenvalue weighted by Gasteiger charge is -2.03. The number of carboxylic acid groups (broad SMARTS) is 1. The summed E-state index contributed by atoms with van der Waals surface area (Å²) in [4.78, 5) is 16.4. The van der Waals surface area contributed by atoms with E-state index < -0.39 is 5.97 Å². The van der Waals surface area contributed by atoms with Gasteiger partial charge in [-0.05, 0) is 23.6 Å². The standard InChI is InChI=1S/C12H8ClN3O2S/c13-6-10-14-11-7(12(17)18)3-4-8(16(11)15-10)9-2-1-5-19-9/h1-5H,6H2,(H,17,18). The summed E-state index contributed by atoms with van der Waals surface area (Å²) in [6.07, 6.45) is 0. The highest BCUT2D eigenvalue weighted by Crippen LogP contribution is 2.26. The van der Waals surface area contributed by atoms with Gasteiger partial charge in [0.25, 0.3) is 0 Å². The number of pyridine rings is 1. The number of hydrogen-bond acceptors (Lipinski definition) is 4. The van der Waals surface area contributed by atoms with Crippen LogP contribution >= 0.6 is 22.9 Å². The van der Waals surface area contributed by atoms with Gasteiger partial charge in [0, 0.05) is 0 Å². The first-order valence-electron chi connectivity index (χ1n) is 5.42. The van der Waals surface area contributed by atoms with Gasteiger partial charge in [0.05, 0.1) is 16.5 Å². The second-order valence-corrected chi connectivity index (χ2v) is 5.03. The predicted octanol–water partition coefficient (Wildman–Crippen LogP) is 2.89. The Hall–Kier alpha value is -1.92. The molecule has 0 bridgehead atoms. The van der Waals surface area contributed by atoms with Crippen molar-refractivity contribution in [3.05, 3.63) is 41.0 Å². The number of carbonyl (C=O) groups is 1. The Labute approximate surface area is 117 Å². The minimum absolute atomic E-state index is 0.115. The number of aromatic nitrogens is 3. The van der Waals surface area contributed by atoms with E-state index in [9.17, 15) is 9.90 Å². The summed E-state index contributed by atoms with van der Waals surface area (Å²) < 4.78 is 1.53. The van der Waals surface area contributed by atoms with Crippen LogP contribution in [0.5, 0.6) is 0 Å². The van der Waals surface area contributed by atoms with Crippen molar-refractivity contribution in [3.63, 3.8) is 0 Å². The fourth-order valence-corrected chi connectivity index (χ4v) is 2.69. The minimum atomic E-state index is -1.03. The van der Waals surface area contributed by atoms with Gasteiger partial charge in [0.2, 0.25) is 0 Å². The van der Waals surface area contributed by atoms with E-state index in [1.165, 1.54) is 4.52 Å². The molecule has 0 atom stereocenters. The van der Waals surface area contributed by atoms with Gasteiger partial charge in [-0.15, -0.1) is 28.0 Å². The molecular formula is C12H8ClN3O2S. The third-order valence-corrected chi connectivity index (χ3v) is 3.78. The molecule has 3 rings (SSSR count). The quantitative estimate of drug-likeness (QED) is 0.754. The number of halogens is 1. The topological polar surface area (TPSA) is 67.5 Å². The minimum Gasteiger partial charge on any atom is -0.478 e. The highest BCUT2D eigenvalue weighted by molar-refractivity contribution is 7.13. The maximum Gasteiger partial charge on any atom is 0.339 e. The zero-order valence-electron chi connectivity index (χ0n) is 9.58. The van der Waals surface area contributed by atoms with Crippen molar-refractivity contribution >= 4 is 34.6 Å². The molecule has 3 aromatic heterocycles. The normalized spacial score (nSPS) is 11.0. The van der Waals surface area contributed by atoms with Gasteiger partial charge in [-0.3, -0.25) is 0 Å². The smallest absolute Gasteiger partial charge is 0.339 e. The van der Waals surface area contributed by atoms with Gasteiger partial charge < -0.3 is 5.11 Å². The van der Waals surface area contributed by atoms with Crippen LogP contribution in [0, 0.1) is 0 Å². The van der Waals surface area contributed by atoms with Crippen LogP contribution in [0.15, 0.2) is 29.6 Å². The van der Waals surface area contributed by atoms with Crippen LogP contribution in [-0.4, -0.2) is 25.7 Å². The van der Waals surface area contributed by atoms with Crippen molar-refractivity contribution in [1.29, 1.82) is 0 Å². The number of nitrogens with zero attached hydrogens (tertiary/aromatic N) is 3. The molecule has 0 saturated carbocycles. The van der Waals surface area contributed by atoms with Crippen molar-refractivity contribution in [1.82, 2.24) is 14.6 Å². The summed E-state index contributed by atoms with van der Waals surface area (Å²) in [5, 5.41) is 15.4. The first-order valence-corrected chi connectivity index (χ1v) is 6.84. The first-order chi connectivity index (χ1) is 9.20. The van der Waals surface area contributed by atoms with Crippen LogP contribution in [0.4, 0.5) is 0 Å². The molecule has 1 N–H and O–H groups in total. The van der Waals surface area contributed by atoms with E-state index in [4.69, 9.17) is 11.6 Å². The molecule has 0 amide bonds.